The highest BCUT2D eigenvalue weighted by atomic mass is 35.5. The molecule has 2 aromatic rings. The average Bonchev–Trinajstić information content (AvgIpc) is 2.90. The van der Waals surface area contributed by atoms with Crippen molar-refractivity contribution in [2.45, 2.75) is 50.6 Å². The van der Waals surface area contributed by atoms with E-state index in [2.05, 4.69) is 10.3 Å². The Morgan fingerprint density at radius 2 is 1.81 bits per heavy atom. The third-order valence-electron chi connectivity index (χ3n) is 5.02. The van der Waals surface area contributed by atoms with Gasteiger partial charge in [0.25, 0.3) is 0 Å². The number of halogens is 2. The van der Waals surface area contributed by atoms with Gasteiger partial charge in [-0.3, -0.25) is 0 Å². The maximum atomic E-state index is 6.08. The van der Waals surface area contributed by atoms with E-state index in [9.17, 15) is 0 Å². The summed E-state index contributed by atoms with van der Waals surface area (Å²) in [5.74, 6) is 1.88. The van der Waals surface area contributed by atoms with E-state index in [1.54, 1.807) is 0 Å². The van der Waals surface area contributed by atoms with Gasteiger partial charge >= 0.3 is 0 Å². The van der Waals surface area contributed by atoms with Crippen LogP contribution in [0.15, 0.2) is 12.1 Å². The van der Waals surface area contributed by atoms with Gasteiger partial charge in [0.1, 0.15) is 5.82 Å². The van der Waals surface area contributed by atoms with E-state index in [4.69, 9.17) is 28.2 Å². The van der Waals surface area contributed by atoms with E-state index >= 15 is 0 Å². The van der Waals surface area contributed by atoms with Crippen molar-refractivity contribution >= 4 is 34.2 Å². The smallest absolute Gasteiger partial charge is 0.124 e. The molecular weight excluding hydrogens is 305 g/mol. The van der Waals surface area contributed by atoms with Gasteiger partial charge in [-0.2, -0.15) is 0 Å². The fourth-order valence-electron chi connectivity index (χ4n) is 3.90. The first-order valence-corrected chi connectivity index (χ1v) is 8.57. The molecular formula is C16H19Cl2N3. The Bertz CT molecular complexity index is 628. The normalized spacial score (nSPS) is 29.5. The van der Waals surface area contributed by atoms with Crippen molar-refractivity contribution in [3.05, 3.63) is 28.0 Å². The number of nitrogens with one attached hydrogen (secondary N) is 2. The van der Waals surface area contributed by atoms with Crippen LogP contribution >= 0.6 is 23.2 Å². The number of aromatic amines is 1. The van der Waals surface area contributed by atoms with Crippen molar-refractivity contribution in [2.75, 3.05) is 0 Å². The van der Waals surface area contributed by atoms with Crippen molar-refractivity contribution in [1.82, 2.24) is 15.3 Å². The lowest BCUT2D eigenvalue weighted by Gasteiger charge is -2.39. The fraction of sp³-hybridized carbons (Fsp3) is 0.562. The predicted octanol–water partition coefficient (Wildman–Crippen LogP) is 4.85. The summed E-state index contributed by atoms with van der Waals surface area (Å²) in [6.45, 7) is 0. The molecule has 3 atom stereocenters. The summed E-state index contributed by atoms with van der Waals surface area (Å²) in [5.41, 5.74) is 1.86. The van der Waals surface area contributed by atoms with Crippen LogP contribution in [0.4, 0.5) is 0 Å². The van der Waals surface area contributed by atoms with Gasteiger partial charge in [0.05, 0.1) is 27.1 Å². The molecule has 0 bridgehead atoms. The van der Waals surface area contributed by atoms with E-state index in [0.717, 1.165) is 29.2 Å². The molecule has 0 amide bonds. The first kappa shape index (κ1) is 13.9. The Kier molecular flexibility index (Phi) is 3.60. The highest BCUT2D eigenvalue weighted by molar-refractivity contribution is 6.42. The van der Waals surface area contributed by atoms with E-state index in [-0.39, 0.29) is 0 Å². The van der Waals surface area contributed by atoms with Gasteiger partial charge in [0, 0.05) is 6.04 Å². The largest absolute Gasteiger partial charge is 0.341 e. The van der Waals surface area contributed by atoms with Gasteiger partial charge in [-0.1, -0.05) is 36.0 Å². The number of piperidine rings is 1. The Morgan fingerprint density at radius 1 is 1.00 bits per heavy atom. The molecule has 0 radical (unpaired) electrons. The van der Waals surface area contributed by atoms with Gasteiger partial charge in [-0.25, -0.2) is 4.98 Å². The molecule has 3 unspecified atom stereocenters. The van der Waals surface area contributed by atoms with E-state index in [1.165, 1.54) is 32.1 Å². The third kappa shape index (κ3) is 2.56. The maximum absolute atomic E-state index is 6.08. The second-order valence-electron chi connectivity index (χ2n) is 6.35. The van der Waals surface area contributed by atoms with Gasteiger partial charge in [0.2, 0.25) is 0 Å². The molecule has 112 valence electrons. The molecule has 1 saturated carbocycles. The quantitative estimate of drug-likeness (QED) is 0.787. The van der Waals surface area contributed by atoms with E-state index < -0.39 is 0 Å². The SMILES string of the molecule is Clc1cc2nc(C3CCC4CCCCC4N3)[nH]c2cc1Cl. The predicted molar refractivity (Wildman–Crippen MR) is 87.0 cm³/mol. The van der Waals surface area contributed by atoms with E-state index in [0.29, 0.717) is 22.1 Å². The molecule has 5 heteroatoms. The maximum Gasteiger partial charge on any atom is 0.124 e. The second kappa shape index (κ2) is 5.45. The summed E-state index contributed by atoms with van der Waals surface area (Å²) in [6, 6.07) is 4.69. The molecule has 2 heterocycles. The van der Waals surface area contributed by atoms with Gasteiger partial charge in [-0.05, 0) is 43.7 Å². The van der Waals surface area contributed by atoms with Crippen molar-refractivity contribution in [2.24, 2.45) is 5.92 Å². The zero-order valence-electron chi connectivity index (χ0n) is 11.8. The Morgan fingerprint density at radius 3 is 2.71 bits per heavy atom. The lowest BCUT2D eigenvalue weighted by atomic mass is 9.77. The lowest BCUT2D eigenvalue weighted by molar-refractivity contribution is 0.174. The minimum absolute atomic E-state index is 0.328. The van der Waals surface area contributed by atoms with Crippen LogP contribution in [0, 0.1) is 5.92 Å². The molecule has 1 aliphatic carbocycles. The standard InChI is InChI=1S/C16H19Cl2N3/c17-10-7-14-15(8-11(10)18)21-16(20-14)13-6-5-9-3-1-2-4-12(9)19-13/h7-9,12-13,19H,1-6H2,(H,20,21). The van der Waals surface area contributed by atoms with Gasteiger partial charge in [0.15, 0.2) is 0 Å². The highest BCUT2D eigenvalue weighted by Crippen LogP contribution is 2.37. The lowest BCUT2D eigenvalue weighted by Crippen LogP contribution is -2.45. The van der Waals surface area contributed by atoms with Crippen molar-refractivity contribution in [3.8, 4) is 0 Å². The molecule has 2 fully saturated rings. The molecule has 1 aliphatic heterocycles. The van der Waals surface area contributed by atoms with Crippen LogP contribution in [0.25, 0.3) is 11.0 Å². The number of imidazole rings is 1. The summed E-state index contributed by atoms with van der Waals surface area (Å²) >= 11 is 12.2. The number of hydrogen-bond acceptors (Lipinski definition) is 2. The molecule has 21 heavy (non-hydrogen) atoms. The van der Waals surface area contributed by atoms with Crippen LogP contribution in [0.1, 0.15) is 50.4 Å². The number of hydrogen-bond donors (Lipinski definition) is 2. The first-order valence-electron chi connectivity index (χ1n) is 7.81. The summed E-state index contributed by atoms with van der Waals surface area (Å²) < 4.78 is 0. The summed E-state index contributed by atoms with van der Waals surface area (Å²) in [7, 11) is 0. The summed E-state index contributed by atoms with van der Waals surface area (Å²) in [6.07, 6.45) is 7.90. The van der Waals surface area contributed by atoms with Gasteiger partial charge in [-0.15, -0.1) is 0 Å². The third-order valence-corrected chi connectivity index (χ3v) is 5.74. The fourth-order valence-corrected chi connectivity index (χ4v) is 4.22. The molecule has 1 saturated heterocycles. The number of fused-ring (bicyclic) bond motifs is 2. The van der Waals surface area contributed by atoms with Crippen LogP contribution in [0.2, 0.25) is 10.0 Å². The number of aromatic nitrogens is 2. The highest BCUT2D eigenvalue weighted by Gasteiger charge is 2.33. The molecule has 2 aliphatic rings. The second-order valence-corrected chi connectivity index (χ2v) is 7.17. The number of nitrogens with zero attached hydrogens (tertiary/aromatic N) is 1. The van der Waals surface area contributed by atoms with Crippen LogP contribution in [-0.4, -0.2) is 16.0 Å². The molecule has 2 N–H and O–H groups in total. The average molecular weight is 324 g/mol. The monoisotopic (exact) mass is 323 g/mol. The molecule has 1 aromatic heterocycles. The first-order chi connectivity index (χ1) is 10.2. The van der Waals surface area contributed by atoms with E-state index in [1.807, 2.05) is 12.1 Å². The number of benzene rings is 1. The Balaban J connectivity index is 1.61. The Labute approximate surface area is 134 Å². The minimum atomic E-state index is 0.328. The zero-order valence-corrected chi connectivity index (χ0v) is 13.3. The Hall–Kier alpha value is -0.770. The molecule has 4 rings (SSSR count). The molecule has 0 spiro atoms. The number of rotatable bonds is 1. The number of H-pyrrole nitrogens is 1. The summed E-state index contributed by atoms with van der Waals surface area (Å²) in [5, 5.41) is 4.94. The zero-order chi connectivity index (χ0) is 14.4. The topological polar surface area (TPSA) is 40.7 Å². The van der Waals surface area contributed by atoms with Crippen LogP contribution < -0.4 is 5.32 Å². The van der Waals surface area contributed by atoms with Crippen molar-refractivity contribution in [1.29, 1.82) is 0 Å². The van der Waals surface area contributed by atoms with Crippen LogP contribution in [0.5, 0.6) is 0 Å². The van der Waals surface area contributed by atoms with Crippen LogP contribution in [0.3, 0.4) is 0 Å². The summed E-state index contributed by atoms with van der Waals surface area (Å²) in [4.78, 5) is 8.13. The van der Waals surface area contributed by atoms with Gasteiger partial charge < -0.3 is 10.3 Å². The minimum Gasteiger partial charge on any atom is -0.341 e. The van der Waals surface area contributed by atoms with Crippen LogP contribution in [-0.2, 0) is 0 Å². The van der Waals surface area contributed by atoms with Crippen molar-refractivity contribution < 1.29 is 0 Å². The molecule has 1 aromatic carbocycles. The van der Waals surface area contributed by atoms with Crippen molar-refractivity contribution in [3.63, 3.8) is 0 Å². The molecule has 3 nitrogen and oxygen atoms in total.